The molecule has 0 saturated heterocycles. The van der Waals surface area contributed by atoms with Crippen LogP contribution in [-0.2, 0) is 0 Å². The maximum atomic E-state index is 8.61. The summed E-state index contributed by atoms with van der Waals surface area (Å²) in [5, 5.41) is 9.03. The number of nitrogens with zero attached hydrogens (tertiary/aromatic N) is 4. The molecule has 5 nitrogen and oxygen atoms in total. The molecule has 1 atom stereocenters. The molecule has 1 N–H and O–H groups in total. The summed E-state index contributed by atoms with van der Waals surface area (Å²) in [4.78, 5) is 17.1. The number of nitrogens with one attached hydrogen (secondary N) is 1. The van der Waals surface area contributed by atoms with Crippen LogP contribution in [0, 0.1) is 12.3 Å². The third-order valence-corrected chi connectivity index (χ3v) is 4.00. The zero-order valence-electron chi connectivity index (χ0n) is 13.4. The Morgan fingerprint density at radius 3 is 2.83 bits per heavy atom. The Morgan fingerprint density at radius 1 is 1.25 bits per heavy atom. The van der Waals surface area contributed by atoms with Crippen LogP contribution in [0.3, 0.4) is 0 Å². The van der Waals surface area contributed by atoms with E-state index in [2.05, 4.69) is 19.9 Å². The van der Waals surface area contributed by atoms with Crippen LogP contribution in [0.4, 0.5) is 0 Å². The highest BCUT2D eigenvalue weighted by molar-refractivity contribution is 6.29. The standard InChI is InChI=1S/C18H16ClN5/c1-11-13(4-3-7-22-11)18(20)14(10-21-2)12-8-16-15(23-9-12)5-6-17(19)24-16/h3-10,14,20H,1-2H3. The minimum Gasteiger partial charge on any atom is -0.304 e. The monoisotopic (exact) mass is 337 g/mol. The van der Waals surface area contributed by atoms with Crippen molar-refractivity contribution in [3.8, 4) is 0 Å². The van der Waals surface area contributed by atoms with Crippen molar-refractivity contribution >= 4 is 34.6 Å². The molecule has 0 aliphatic rings. The van der Waals surface area contributed by atoms with Gasteiger partial charge in [-0.1, -0.05) is 11.6 Å². The number of hydrogen-bond acceptors (Lipinski definition) is 5. The Hall–Kier alpha value is -2.66. The van der Waals surface area contributed by atoms with Gasteiger partial charge in [0.15, 0.2) is 0 Å². The summed E-state index contributed by atoms with van der Waals surface area (Å²) in [6.07, 6.45) is 5.21. The second-order valence-corrected chi connectivity index (χ2v) is 5.76. The van der Waals surface area contributed by atoms with Crippen LogP contribution < -0.4 is 0 Å². The van der Waals surface area contributed by atoms with Crippen molar-refractivity contribution in [3.05, 3.63) is 64.7 Å². The molecule has 0 radical (unpaired) electrons. The Balaban J connectivity index is 2.08. The first-order chi connectivity index (χ1) is 11.6. The van der Waals surface area contributed by atoms with E-state index in [1.165, 1.54) is 0 Å². The minimum absolute atomic E-state index is 0.324. The minimum atomic E-state index is -0.324. The van der Waals surface area contributed by atoms with Crippen molar-refractivity contribution in [3.63, 3.8) is 0 Å². The number of rotatable bonds is 4. The van der Waals surface area contributed by atoms with Crippen molar-refractivity contribution in [1.82, 2.24) is 15.0 Å². The van der Waals surface area contributed by atoms with E-state index in [4.69, 9.17) is 17.0 Å². The first-order valence-corrected chi connectivity index (χ1v) is 7.83. The van der Waals surface area contributed by atoms with Gasteiger partial charge < -0.3 is 5.41 Å². The molecule has 0 fully saturated rings. The average molecular weight is 338 g/mol. The normalized spacial score (nSPS) is 12.6. The summed E-state index contributed by atoms with van der Waals surface area (Å²) in [5.41, 5.74) is 4.34. The quantitative estimate of drug-likeness (QED) is 0.580. The number of fused-ring (bicyclic) bond motifs is 1. The van der Waals surface area contributed by atoms with E-state index < -0.39 is 0 Å². The molecular formula is C18H16ClN5. The smallest absolute Gasteiger partial charge is 0.129 e. The highest BCUT2D eigenvalue weighted by Gasteiger charge is 2.19. The van der Waals surface area contributed by atoms with Crippen LogP contribution in [0.15, 0.2) is 47.7 Å². The van der Waals surface area contributed by atoms with Gasteiger partial charge in [-0.25, -0.2) is 4.98 Å². The first-order valence-electron chi connectivity index (χ1n) is 7.45. The summed E-state index contributed by atoms with van der Waals surface area (Å²) in [5.74, 6) is -0.324. The molecule has 1 unspecified atom stereocenters. The number of halogens is 1. The van der Waals surface area contributed by atoms with Gasteiger partial charge in [0.05, 0.1) is 22.7 Å². The summed E-state index contributed by atoms with van der Waals surface area (Å²) >= 11 is 5.98. The fourth-order valence-corrected chi connectivity index (χ4v) is 2.73. The lowest BCUT2D eigenvalue weighted by molar-refractivity contribution is 1.12. The van der Waals surface area contributed by atoms with Gasteiger partial charge in [-0.05, 0) is 42.8 Å². The number of aliphatic imine (C=N–C) groups is 1. The largest absolute Gasteiger partial charge is 0.304 e. The van der Waals surface area contributed by atoms with Gasteiger partial charge in [0.1, 0.15) is 5.15 Å². The molecule has 120 valence electrons. The Kier molecular flexibility index (Phi) is 4.62. The molecule has 6 heteroatoms. The highest BCUT2D eigenvalue weighted by Crippen LogP contribution is 2.23. The molecule has 0 aliphatic heterocycles. The second-order valence-electron chi connectivity index (χ2n) is 5.38. The molecule has 3 rings (SSSR count). The van der Waals surface area contributed by atoms with Crippen LogP contribution in [0.1, 0.15) is 22.7 Å². The van der Waals surface area contributed by atoms with E-state index in [1.54, 1.807) is 31.7 Å². The lowest BCUT2D eigenvalue weighted by Gasteiger charge is -2.16. The van der Waals surface area contributed by atoms with Gasteiger partial charge in [0, 0.05) is 36.9 Å². The molecule has 3 heterocycles. The highest BCUT2D eigenvalue weighted by atomic mass is 35.5. The van der Waals surface area contributed by atoms with Crippen LogP contribution in [0.5, 0.6) is 0 Å². The van der Waals surface area contributed by atoms with E-state index in [1.807, 2.05) is 31.2 Å². The Morgan fingerprint density at radius 2 is 2.08 bits per heavy atom. The van der Waals surface area contributed by atoms with Crippen LogP contribution in [0.2, 0.25) is 5.15 Å². The third-order valence-electron chi connectivity index (χ3n) is 3.79. The van der Waals surface area contributed by atoms with Crippen LogP contribution in [-0.4, -0.2) is 33.9 Å². The van der Waals surface area contributed by atoms with Gasteiger partial charge >= 0.3 is 0 Å². The molecule has 0 amide bonds. The molecular weight excluding hydrogens is 322 g/mol. The fourth-order valence-electron chi connectivity index (χ4n) is 2.58. The van der Waals surface area contributed by atoms with E-state index in [9.17, 15) is 0 Å². The zero-order chi connectivity index (χ0) is 17.1. The van der Waals surface area contributed by atoms with Gasteiger partial charge in [0.2, 0.25) is 0 Å². The lowest BCUT2D eigenvalue weighted by atomic mass is 9.91. The van der Waals surface area contributed by atoms with Gasteiger partial charge in [-0.2, -0.15) is 0 Å². The number of aryl methyl sites for hydroxylation is 1. The molecule has 0 bridgehead atoms. The van der Waals surface area contributed by atoms with E-state index in [0.29, 0.717) is 16.4 Å². The first kappa shape index (κ1) is 16.2. The molecule has 3 aromatic heterocycles. The predicted octanol–water partition coefficient (Wildman–Crippen LogP) is 3.84. The molecule has 0 aromatic carbocycles. The lowest BCUT2D eigenvalue weighted by Crippen LogP contribution is -2.16. The predicted molar refractivity (Wildman–Crippen MR) is 97.5 cm³/mol. The van der Waals surface area contributed by atoms with Crippen molar-refractivity contribution in [2.24, 2.45) is 4.99 Å². The fraction of sp³-hybridized carbons (Fsp3) is 0.167. The summed E-state index contributed by atoms with van der Waals surface area (Å²) in [7, 11) is 1.69. The third kappa shape index (κ3) is 3.16. The zero-order valence-corrected chi connectivity index (χ0v) is 14.1. The Bertz CT molecular complexity index is 936. The summed E-state index contributed by atoms with van der Waals surface area (Å²) in [6, 6.07) is 9.17. The second kappa shape index (κ2) is 6.84. The summed E-state index contributed by atoms with van der Waals surface area (Å²) in [6.45, 7) is 1.89. The Labute approximate surface area is 145 Å². The van der Waals surface area contributed by atoms with E-state index in [0.717, 1.165) is 22.3 Å². The molecule has 24 heavy (non-hydrogen) atoms. The molecule has 0 spiro atoms. The van der Waals surface area contributed by atoms with E-state index in [-0.39, 0.29) is 5.92 Å². The topological polar surface area (TPSA) is 74.9 Å². The summed E-state index contributed by atoms with van der Waals surface area (Å²) < 4.78 is 0. The molecule has 0 saturated carbocycles. The van der Waals surface area contributed by atoms with Gasteiger partial charge in [0.25, 0.3) is 0 Å². The van der Waals surface area contributed by atoms with Crippen LogP contribution in [0.25, 0.3) is 11.0 Å². The number of hydrogen-bond donors (Lipinski definition) is 1. The maximum Gasteiger partial charge on any atom is 0.129 e. The van der Waals surface area contributed by atoms with E-state index >= 15 is 0 Å². The van der Waals surface area contributed by atoms with Crippen molar-refractivity contribution in [1.29, 1.82) is 5.41 Å². The maximum absolute atomic E-state index is 8.61. The van der Waals surface area contributed by atoms with Gasteiger partial charge in [-0.3, -0.25) is 15.0 Å². The van der Waals surface area contributed by atoms with Crippen molar-refractivity contribution in [2.75, 3.05) is 7.05 Å². The molecule has 3 aromatic rings. The van der Waals surface area contributed by atoms with Crippen LogP contribution >= 0.6 is 11.6 Å². The number of aromatic nitrogens is 3. The average Bonchev–Trinajstić information content (AvgIpc) is 2.59. The van der Waals surface area contributed by atoms with Gasteiger partial charge in [-0.15, -0.1) is 0 Å². The SMILES string of the molecule is CN=CC(C(=N)c1cccnc1C)c1cnc2ccc(Cl)nc2c1. The van der Waals surface area contributed by atoms with Crippen molar-refractivity contribution < 1.29 is 0 Å². The number of pyridine rings is 3. The molecule has 0 aliphatic carbocycles. The van der Waals surface area contributed by atoms with Crippen molar-refractivity contribution in [2.45, 2.75) is 12.8 Å².